The first-order valence-corrected chi connectivity index (χ1v) is 9.84. The van der Waals surface area contributed by atoms with Gasteiger partial charge in [-0.25, -0.2) is 4.98 Å². The highest BCUT2D eigenvalue weighted by molar-refractivity contribution is 7.09. The molecular formula is C20H26N2O3S. The Morgan fingerprint density at radius 1 is 1.35 bits per heavy atom. The van der Waals surface area contributed by atoms with E-state index >= 15 is 0 Å². The van der Waals surface area contributed by atoms with Crippen LogP contribution in [0, 0.1) is 20.8 Å². The van der Waals surface area contributed by atoms with Gasteiger partial charge in [0.1, 0.15) is 18.0 Å². The average Bonchev–Trinajstić information content (AvgIpc) is 3.01. The lowest BCUT2D eigenvalue weighted by atomic mass is 9.93. The summed E-state index contributed by atoms with van der Waals surface area (Å²) in [6, 6.07) is 5.91. The van der Waals surface area contributed by atoms with Gasteiger partial charge in [0.15, 0.2) is 0 Å². The van der Waals surface area contributed by atoms with E-state index in [0.29, 0.717) is 25.9 Å². The topological polar surface area (TPSA) is 62.7 Å². The van der Waals surface area contributed by atoms with Crippen molar-refractivity contribution < 1.29 is 14.6 Å². The lowest BCUT2D eigenvalue weighted by Gasteiger charge is -2.39. The Labute approximate surface area is 158 Å². The molecule has 1 atom stereocenters. The van der Waals surface area contributed by atoms with Crippen LogP contribution in [0.1, 0.15) is 34.7 Å². The van der Waals surface area contributed by atoms with E-state index in [4.69, 9.17) is 4.74 Å². The van der Waals surface area contributed by atoms with Crippen molar-refractivity contribution in [1.82, 2.24) is 9.88 Å². The Morgan fingerprint density at radius 3 is 2.85 bits per heavy atom. The summed E-state index contributed by atoms with van der Waals surface area (Å²) in [5.74, 6) is 0.766. The number of aryl methyl sites for hydroxylation is 3. The minimum absolute atomic E-state index is 0.0135. The molecule has 26 heavy (non-hydrogen) atoms. The van der Waals surface area contributed by atoms with Crippen molar-refractivity contribution in [2.45, 2.75) is 45.6 Å². The van der Waals surface area contributed by atoms with Crippen LogP contribution in [0.5, 0.6) is 5.75 Å². The normalized spacial score (nSPS) is 20.2. The lowest BCUT2D eigenvalue weighted by Crippen LogP contribution is -2.53. The number of benzene rings is 1. The molecule has 1 fully saturated rings. The van der Waals surface area contributed by atoms with E-state index in [1.165, 1.54) is 5.56 Å². The first-order chi connectivity index (χ1) is 12.3. The molecule has 1 aromatic heterocycles. The van der Waals surface area contributed by atoms with Crippen molar-refractivity contribution in [1.29, 1.82) is 0 Å². The number of ether oxygens (including phenoxy) is 1. The molecule has 3 rings (SSSR count). The van der Waals surface area contributed by atoms with Gasteiger partial charge in [0, 0.05) is 11.9 Å². The van der Waals surface area contributed by atoms with Gasteiger partial charge in [-0.3, -0.25) is 4.79 Å². The van der Waals surface area contributed by atoms with Gasteiger partial charge in [0.05, 0.1) is 23.7 Å². The minimum Gasteiger partial charge on any atom is -0.491 e. The van der Waals surface area contributed by atoms with Gasteiger partial charge in [0.2, 0.25) is 5.91 Å². The molecule has 1 aliphatic heterocycles. The summed E-state index contributed by atoms with van der Waals surface area (Å²) >= 11 is 1.55. The maximum Gasteiger partial charge on any atom is 0.228 e. The molecule has 2 heterocycles. The van der Waals surface area contributed by atoms with Gasteiger partial charge in [-0.05, 0) is 56.9 Å². The molecule has 6 heteroatoms. The highest BCUT2D eigenvalue weighted by Crippen LogP contribution is 2.24. The maximum absolute atomic E-state index is 12.6. The first kappa shape index (κ1) is 18.9. The number of likely N-dealkylation sites (tertiary alicyclic amines) is 1. The van der Waals surface area contributed by atoms with Crippen molar-refractivity contribution in [3.63, 3.8) is 0 Å². The molecule has 2 aromatic rings. The zero-order valence-electron chi connectivity index (χ0n) is 15.6. The predicted molar refractivity (Wildman–Crippen MR) is 103 cm³/mol. The molecule has 1 aromatic carbocycles. The summed E-state index contributed by atoms with van der Waals surface area (Å²) in [7, 11) is 0. The van der Waals surface area contributed by atoms with Gasteiger partial charge in [-0.1, -0.05) is 6.07 Å². The molecule has 1 aliphatic rings. The van der Waals surface area contributed by atoms with Gasteiger partial charge in [-0.2, -0.15) is 0 Å². The maximum atomic E-state index is 12.6. The number of amides is 1. The number of rotatable bonds is 5. The molecule has 0 spiro atoms. The fourth-order valence-corrected chi connectivity index (χ4v) is 3.83. The summed E-state index contributed by atoms with van der Waals surface area (Å²) in [5, 5.41) is 13.8. The van der Waals surface area contributed by atoms with E-state index in [-0.39, 0.29) is 12.5 Å². The first-order valence-electron chi connectivity index (χ1n) is 8.96. The lowest BCUT2D eigenvalue weighted by molar-refractivity contribution is -0.139. The molecule has 0 bridgehead atoms. The Kier molecular flexibility index (Phi) is 5.63. The second-order valence-corrected chi connectivity index (χ2v) is 8.27. The van der Waals surface area contributed by atoms with Gasteiger partial charge in [-0.15, -0.1) is 11.3 Å². The second-order valence-electron chi connectivity index (χ2n) is 7.21. The number of aromatic nitrogens is 1. The van der Waals surface area contributed by atoms with Crippen molar-refractivity contribution in [3.05, 3.63) is 45.4 Å². The summed E-state index contributed by atoms with van der Waals surface area (Å²) in [6.45, 7) is 7.20. The van der Waals surface area contributed by atoms with Gasteiger partial charge < -0.3 is 14.7 Å². The number of carbonyl (C=O) groups is 1. The van der Waals surface area contributed by atoms with Crippen molar-refractivity contribution in [3.8, 4) is 5.75 Å². The molecular weight excluding hydrogens is 348 g/mol. The Morgan fingerprint density at radius 2 is 2.15 bits per heavy atom. The molecule has 1 amide bonds. The van der Waals surface area contributed by atoms with E-state index < -0.39 is 5.60 Å². The number of carbonyl (C=O) groups excluding carboxylic acids is 1. The molecule has 0 radical (unpaired) electrons. The number of hydrogen-bond acceptors (Lipinski definition) is 5. The fourth-order valence-electron chi connectivity index (χ4n) is 3.22. The van der Waals surface area contributed by atoms with Crippen LogP contribution in [0.15, 0.2) is 23.6 Å². The van der Waals surface area contributed by atoms with Gasteiger partial charge >= 0.3 is 0 Å². The number of aliphatic hydroxyl groups is 1. The van der Waals surface area contributed by atoms with Crippen LogP contribution in [-0.4, -0.2) is 46.2 Å². The number of piperidine rings is 1. The van der Waals surface area contributed by atoms with Crippen LogP contribution >= 0.6 is 11.3 Å². The molecule has 1 unspecified atom stereocenters. The van der Waals surface area contributed by atoms with E-state index in [9.17, 15) is 9.90 Å². The van der Waals surface area contributed by atoms with Crippen molar-refractivity contribution in [2.75, 3.05) is 19.7 Å². The Bertz CT molecular complexity index is 789. The number of β-amino-alcohol motifs (C(OH)–C–C–N with tert-alkyl or cyclic N) is 1. The monoisotopic (exact) mass is 374 g/mol. The standard InChI is InChI=1S/C20H26N2O3S/c1-14-5-6-18(9-15(14)2)25-13-20(24)7-4-8-22(12-20)19(23)10-17-11-26-16(3)21-17/h5-6,9,11,24H,4,7-8,10,12-13H2,1-3H3. The quantitative estimate of drug-likeness (QED) is 0.874. The SMILES string of the molecule is Cc1nc(CC(=O)N2CCCC(O)(COc3ccc(C)c(C)c3)C2)cs1. The third kappa shape index (κ3) is 4.62. The van der Waals surface area contributed by atoms with Crippen LogP contribution < -0.4 is 4.74 Å². The third-order valence-electron chi connectivity index (χ3n) is 4.89. The Balaban J connectivity index is 1.58. The Hall–Kier alpha value is -1.92. The highest BCUT2D eigenvalue weighted by atomic mass is 32.1. The zero-order valence-corrected chi connectivity index (χ0v) is 16.4. The predicted octanol–water partition coefficient (Wildman–Crippen LogP) is 3.04. The number of thiazole rings is 1. The average molecular weight is 375 g/mol. The molecule has 1 saturated heterocycles. The van der Waals surface area contributed by atoms with Crippen LogP contribution in [-0.2, 0) is 11.2 Å². The fraction of sp³-hybridized carbons (Fsp3) is 0.500. The van der Waals surface area contributed by atoms with Crippen LogP contribution in [0.2, 0.25) is 0 Å². The van der Waals surface area contributed by atoms with Crippen LogP contribution in [0.4, 0.5) is 0 Å². The summed E-state index contributed by atoms with van der Waals surface area (Å²) in [5.41, 5.74) is 2.17. The molecule has 0 saturated carbocycles. The molecule has 140 valence electrons. The van der Waals surface area contributed by atoms with Gasteiger partial charge in [0.25, 0.3) is 0 Å². The number of hydrogen-bond donors (Lipinski definition) is 1. The van der Waals surface area contributed by atoms with E-state index in [1.807, 2.05) is 37.4 Å². The summed E-state index contributed by atoms with van der Waals surface area (Å²) in [6.07, 6.45) is 1.70. The van der Waals surface area contributed by atoms with Crippen molar-refractivity contribution in [2.24, 2.45) is 0 Å². The van der Waals surface area contributed by atoms with E-state index in [2.05, 4.69) is 11.9 Å². The van der Waals surface area contributed by atoms with Crippen molar-refractivity contribution >= 4 is 17.2 Å². The third-order valence-corrected chi connectivity index (χ3v) is 5.72. The largest absolute Gasteiger partial charge is 0.491 e. The zero-order chi connectivity index (χ0) is 18.7. The minimum atomic E-state index is -1.01. The highest BCUT2D eigenvalue weighted by Gasteiger charge is 2.36. The molecule has 5 nitrogen and oxygen atoms in total. The summed E-state index contributed by atoms with van der Waals surface area (Å²) < 4.78 is 5.84. The number of nitrogens with zero attached hydrogens (tertiary/aromatic N) is 2. The molecule has 0 aliphatic carbocycles. The molecule has 1 N–H and O–H groups in total. The van der Waals surface area contributed by atoms with Crippen LogP contribution in [0.3, 0.4) is 0 Å². The smallest absolute Gasteiger partial charge is 0.228 e. The second kappa shape index (κ2) is 7.76. The van der Waals surface area contributed by atoms with Crippen LogP contribution in [0.25, 0.3) is 0 Å². The van der Waals surface area contributed by atoms with E-state index in [0.717, 1.165) is 28.4 Å². The summed E-state index contributed by atoms with van der Waals surface area (Å²) in [4.78, 5) is 18.7. The van der Waals surface area contributed by atoms with E-state index in [1.54, 1.807) is 16.2 Å².